The molecule has 3 rings (SSSR count). The lowest BCUT2D eigenvalue weighted by atomic mass is 9.62. The average molecular weight is 387 g/mol. The number of hydrogen-bond acceptors (Lipinski definition) is 2. The molecule has 3 aliphatic carbocycles. The van der Waals surface area contributed by atoms with Crippen LogP contribution in [-0.2, 0) is 0 Å². The zero-order valence-corrected chi connectivity index (χ0v) is 18.5. The van der Waals surface area contributed by atoms with Gasteiger partial charge in [-0.2, -0.15) is 0 Å². The summed E-state index contributed by atoms with van der Waals surface area (Å²) in [6, 6.07) is 0. The van der Waals surface area contributed by atoms with Crippen LogP contribution in [0.2, 0.25) is 0 Å². The van der Waals surface area contributed by atoms with E-state index in [0.29, 0.717) is 5.41 Å². The van der Waals surface area contributed by atoms with Crippen molar-refractivity contribution in [3.8, 4) is 0 Å². The molecule has 0 bridgehead atoms. The smallest absolute Gasteiger partial charge is 0.0787 e. The Labute approximate surface area is 172 Å². The van der Waals surface area contributed by atoms with Crippen LogP contribution in [0, 0.1) is 17.3 Å². The van der Waals surface area contributed by atoms with Crippen molar-refractivity contribution in [2.24, 2.45) is 17.3 Å². The Hall–Kier alpha value is -0.860. The summed E-state index contributed by atoms with van der Waals surface area (Å²) in [5.41, 5.74) is 3.79. The molecule has 0 amide bonds. The third-order valence-electron chi connectivity index (χ3n) is 7.99. The van der Waals surface area contributed by atoms with E-state index in [1.54, 1.807) is 5.57 Å². The van der Waals surface area contributed by atoms with E-state index in [0.717, 1.165) is 49.5 Å². The van der Waals surface area contributed by atoms with Crippen molar-refractivity contribution in [2.45, 2.75) is 110 Å². The zero-order valence-electron chi connectivity index (χ0n) is 18.5. The Kier molecular flexibility index (Phi) is 6.92. The Morgan fingerprint density at radius 1 is 1.11 bits per heavy atom. The standard InChI is InChI=1S/C26H42O2/c1-19-20(9-7-12-24(19)27)13-14-21-10-8-18-26(4)22(15-16-23(21)26)11-5-6-17-25(2,3)28/h13-14,22-24,27-28H,1,5-12,15-18H2,2-4H3/b20-13-,21-14+/t22-,23?,24-,26+/m0/s1. The third-order valence-corrected chi connectivity index (χ3v) is 7.99. The van der Waals surface area contributed by atoms with E-state index in [9.17, 15) is 10.2 Å². The van der Waals surface area contributed by atoms with Gasteiger partial charge in [-0.3, -0.25) is 0 Å². The van der Waals surface area contributed by atoms with Crippen molar-refractivity contribution in [3.63, 3.8) is 0 Å². The molecule has 3 saturated carbocycles. The number of fused-ring (bicyclic) bond motifs is 1. The molecule has 0 radical (unpaired) electrons. The number of hydrogen-bond donors (Lipinski definition) is 2. The van der Waals surface area contributed by atoms with Crippen molar-refractivity contribution in [3.05, 3.63) is 35.5 Å². The highest BCUT2D eigenvalue weighted by atomic mass is 16.3. The Balaban J connectivity index is 1.63. The van der Waals surface area contributed by atoms with Gasteiger partial charge in [0.1, 0.15) is 0 Å². The molecule has 0 spiro atoms. The highest BCUT2D eigenvalue weighted by Crippen LogP contribution is 2.58. The first-order chi connectivity index (χ1) is 13.2. The molecule has 2 nitrogen and oxygen atoms in total. The van der Waals surface area contributed by atoms with E-state index in [1.807, 2.05) is 13.8 Å². The minimum atomic E-state index is -0.521. The topological polar surface area (TPSA) is 40.5 Å². The van der Waals surface area contributed by atoms with Gasteiger partial charge >= 0.3 is 0 Å². The molecule has 0 heterocycles. The van der Waals surface area contributed by atoms with Crippen LogP contribution in [0.4, 0.5) is 0 Å². The maximum atomic E-state index is 10.1. The third kappa shape index (κ3) is 5.00. The summed E-state index contributed by atoms with van der Waals surface area (Å²) in [6.07, 6.45) is 18.6. The molecule has 0 aliphatic heterocycles. The summed E-state index contributed by atoms with van der Waals surface area (Å²) < 4.78 is 0. The Morgan fingerprint density at radius 2 is 1.89 bits per heavy atom. The quantitative estimate of drug-likeness (QED) is 0.512. The van der Waals surface area contributed by atoms with Crippen LogP contribution >= 0.6 is 0 Å². The highest BCUT2D eigenvalue weighted by Gasteiger charge is 2.48. The lowest BCUT2D eigenvalue weighted by Crippen LogP contribution is -2.33. The monoisotopic (exact) mass is 386 g/mol. The normalized spacial score (nSPS) is 36.9. The zero-order chi connectivity index (χ0) is 20.4. The molecule has 0 aromatic carbocycles. The van der Waals surface area contributed by atoms with Crippen molar-refractivity contribution in [1.82, 2.24) is 0 Å². The fourth-order valence-corrected chi connectivity index (χ4v) is 6.20. The number of rotatable bonds is 6. The van der Waals surface area contributed by atoms with Gasteiger partial charge in [0.25, 0.3) is 0 Å². The first kappa shape index (κ1) is 21.8. The van der Waals surface area contributed by atoms with E-state index < -0.39 is 5.60 Å². The van der Waals surface area contributed by atoms with E-state index in [1.165, 1.54) is 50.5 Å². The van der Waals surface area contributed by atoms with Gasteiger partial charge in [-0.15, -0.1) is 0 Å². The first-order valence-electron chi connectivity index (χ1n) is 11.7. The summed E-state index contributed by atoms with van der Waals surface area (Å²) in [5, 5.41) is 20.0. The predicted octanol–water partition coefficient (Wildman–Crippen LogP) is 6.49. The van der Waals surface area contributed by atoms with Crippen molar-refractivity contribution in [1.29, 1.82) is 0 Å². The van der Waals surface area contributed by atoms with Crippen LogP contribution in [0.3, 0.4) is 0 Å². The second-order valence-electron chi connectivity index (χ2n) is 10.6. The molecule has 0 saturated heterocycles. The van der Waals surface area contributed by atoms with Crippen molar-refractivity contribution >= 4 is 0 Å². The van der Waals surface area contributed by atoms with E-state index in [-0.39, 0.29) is 6.10 Å². The van der Waals surface area contributed by atoms with Gasteiger partial charge < -0.3 is 10.2 Å². The highest BCUT2D eigenvalue weighted by molar-refractivity contribution is 5.37. The summed E-state index contributed by atoms with van der Waals surface area (Å²) in [6.45, 7) is 10.5. The van der Waals surface area contributed by atoms with Gasteiger partial charge in [0.05, 0.1) is 11.7 Å². The predicted molar refractivity (Wildman–Crippen MR) is 118 cm³/mol. The number of allylic oxidation sites excluding steroid dienone is 3. The van der Waals surface area contributed by atoms with E-state index in [2.05, 4.69) is 25.7 Å². The maximum absolute atomic E-state index is 10.1. The fourth-order valence-electron chi connectivity index (χ4n) is 6.20. The molecule has 0 aromatic heterocycles. The lowest BCUT2D eigenvalue weighted by Gasteiger charge is -2.42. The molecule has 3 aliphatic rings. The Morgan fingerprint density at radius 3 is 2.64 bits per heavy atom. The molecular weight excluding hydrogens is 344 g/mol. The summed E-state index contributed by atoms with van der Waals surface area (Å²) in [7, 11) is 0. The largest absolute Gasteiger partial charge is 0.390 e. The van der Waals surface area contributed by atoms with Crippen LogP contribution in [0.25, 0.3) is 0 Å². The molecule has 3 fully saturated rings. The lowest BCUT2D eigenvalue weighted by molar-refractivity contribution is 0.0660. The maximum Gasteiger partial charge on any atom is 0.0787 e. The van der Waals surface area contributed by atoms with E-state index >= 15 is 0 Å². The minimum Gasteiger partial charge on any atom is -0.390 e. The molecule has 2 N–H and O–H groups in total. The SMILES string of the molecule is C=C1/C(=C\C=C2/CCC[C@@]3(C)C2CC[C@@H]3CCCCC(C)(C)O)CCC[C@@H]1O. The molecule has 2 heteroatoms. The number of aliphatic hydroxyl groups excluding tert-OH is 1. The van der Waals surface area contributed by atoms with Crippen LogP contribution in [0.1, 0.15) is 97.8 Å². The molecule has 28 heavy (non-hydrogen) atoms. The van der Waals surface area contributed by atoms with Crippen molar-refractivity contribution in [2.75, 3.05) is 0 Å². The van der Waals surface area contributed by atoms with Crippen LogP contribution in [-0.4, -0.2) is 21.9 Å². The Bertz CT molecular complexity index is 621. The summed E-state index contributed by atoms with van der Waals surface area (Å²) in [5.74, 6) is 1.57. The van der Waals surface area contributed by atoms with Crippen LogP contribution < -0.4 is 0 Å². The summed E-state index contributed by atoms with van der Waals surface area (Å²) >= 11 is 0. The van der Waals surface area contributed by atoms with E-state index in [4.69, 9.17) is 0 Å². The van der Waals surface area contributed by atoms with Crippen LogP contribution in [0.5, 0.6) is 0 Å². The average Bonchev–Trinajstić information content (AvgIpc) is 2.96. The van der Waals surface area contributed by atoms with Gasteiger partial charge in [-0.25, -0.2) is 0 Å². The number of aliphatic hydroxyl groups is 2. The first-order valence-corrected chi connectivity index (χ1v) is 11.7. The summed E-state index contributed by atoms with van der Waals surface area (Å²) in [4.78, 5) is 0. The van der Waals surface area contributed by atoms with Gasteiger partial charge in [0.2, 0.25) is 0 Å². The second kappa shape index (κ2) is 8.88. The van der Waals surface area contributed by atoms with Gasteiger partial charge in [-0.05, 0) is 106 Å². The molecule has 158 valence electrons. The van der Waals surface area contributed by atoms with Crippen LogP contribution in [0.15, 0.2) is 35.5 Å². The molecule has 4 atom stereocenters. The molecular formula is C26H42O2. The van der Waals surface area contributed by atoms with Gasteiger partial charge in [-0.1, -0.05) is 44.1 Å². The fraction of sp³-hybridized carbons (Fsp3) is 0.769. The second-order valence-corrected chi connectivity index (χ2v) is 10.6. The molecule has 1 unspecified atom stereocenters. The van der Waals surface area contributed by atoms with Crippen molar-refractivity contribution < 1.29 is 10.2 Å². The number of unbranched alkanes of at least 4 members (excludes halogenated alkanes) is 1. The van der Waals surface area contributed by atoms with Gasteiger partial charge in [0.15, 0.2) is 0 Å². The van der Waals surface area contributed by atoms with Gasteiger partial charge in [0, 0.05) is 0 Å². The minimum absolute atomic E-state index is 0.338. The molecule has 0 aromatic rings.